The summed E-state index contributed by atoms with van der Waals surface area (Å²) >= 11 is 5.91. The highest BCUT2D eigenvalue weighted by Crippen LogP contribution is 2.28. The van der Waals surface area contributed by atoms with Gasteiger partial charge in [0.05, 0.1) is 5.02 Å². The lowest BCUT2D eigenvalue weighted by atomic mass is 10.2. The number of benzene rings is 1. The molecular formula is C14H16ClNO4. The lowest BCUT2D eigenvalue weighted by molar-refractivity contribution is -0.123. The number of carbonyl (C=O) groups is 2. The molecule has 108 valence electrons. The Morgan fingerprint density at radius 2 is 2.05 bits per heavy atom. The molecule has 0 spiro atoms. The van der Waals surface area contributed by atoms with Gasteiger partial charge in [0.1, 0.15) is 5.56 Å². The molecule has 1 aliphatic carbocycles. The molecule has 0 unspecified atom stereocenters. The molecule has 0 aliphatic heterocycles. The van der Waals surface area contributed by atoms with Crippen LogP contribution in [0.5, 0.6) is 5.75 Å². The number of hydrogen-bond donors (Lipinski definition) is 2. The Balaban J connectivity index is 1.96. The minimum atomic E-state index is -1.14. The van der Waals surface area contributed by atoms with Gasteiger partial charge in [-0.15, -0.1) is 0 Å². The number of carboxylic acid groups (broad SMARTS) is 1. The van der Waals surface area contributed by atoms with Crippen molar-refractivity contribution in [3.63, 3.8) is 0 Å². The Kier molecular flexibility index (Phi) is 4.84. The normalized spacial score (nSPS) is 15.1. The average molecular weight is 298 g/mol. The first-order chi connectivity index (χ1) is 9.58. The van der Waals surface area contributed by atoms with Crippen LogP contribution >= 0.6 is 11.6 Å². The molecule has 20 heavy (non-hydrogen) atoms. The van der Waals surface area contributed by atoms with Crippen LogP contribution in [-0.2, 0) is 4.79 Å². The van der Waals surface area contributed by atoms with Crippen molar-refractivity contribution in [2.45, 2.75) is 31.7 Å². The lowest BCUT2D eigenvalue weighted by Gasteiger charge is -2.14. The van der Waals surface area contributed by atoms with Gasteiger partial charge in [0.25, 0.3) is 5.91 Å². The molecule has 1 aliphatic rings. The van der Waals surface area contributed by atoms with E-state index in [4.69, 9.17) is 21.4 Å². The zero-order valence-corrected chi connectivity index (χ0v) is 11.7. The van der Waals surface area contributed by atoms with E-state index in [1.165, 1.54) is 18.2 Å². The van der Waals surface area contributed by atoms with Gasteiger partial charge in [-0.1, -0.05) is 30.5 Å². The number of rotatable bonds is 5. The van der Waals surface area contributed by atoms with E-state index in [1.807, 2.05) is 0 Å². The van der Waals surface area contributed by atoms with Crippen molar-refractivity contribution in [3.05, 3.63) is 28.8 Å². The molecule has 2 N–H and O–H groups in total. The maximum Gasteiger partial charge on any atom is 0.339 e. The third-order valence-electron chi connectivity index (χ3n) is 3.27. The summed E-state index contributed by atoms with van der Waals surface area (Å²) in [5.41, 5.74) is -0.0498. The number of ether oxygens (including phenoxy) is 1. The van der Waals surface area contributed by atoms with Crippen molar-refractivity contribution in [2.75, 3.05) is 6.61 Å². The van der Waals surface area contributed by atoms with E-state index in [9.17, 15) is 9.59 Å². The summed E-state index contributed by atoms with van der Waals surface area (Å²) in [6, 6.07) is 4.64. The number of carbonyl (C=O) groups excluding carboxylic acids is 1. The van der Waals surface area contributed by atoms with Crippen molar-refractivity contribution in [1.29, 1.82) is 0 Å². The van der Waals surface area contributed by atoms with E-state index in [1.54, 1.807) is 0 Å². The Bertz CT molecular complexity index is 512. The molecular weight excluding hydrogens is 282 g/mol. The van der Waals surface area contributed by atoms with Crippen molar-refractivity contribution in [1.82, 2.24) is 5.32 Å². The Morgan fingerprint density at radius 1 is 1.35 bits per heavy atom. The third-order valence-corrected chi connectivity index (χ3v) is 3.56. The van der Waals surface area contributed by atoms with Gasteiger partial charge in [-0.25, -0.2) is 4.79 Å². The predicted octanol–water partition coefficient (Wildman–Crippen LogP) is 2.48. The van der Waals surface area contributed by atoms with Crippen LogP contribution in [0.2, 0.25) is 5.02 Å². The topological polar surface area (TPSA) is 75.6 Å². The standard InChI is InChI=1S/C14H16ClNO4/c15-11-7-3-6-10(14(18)19)13(11)20-8-12(17)16-9-4-1-2-5-9/h3,6-7,9H,1-2,4-5,8H2,(H,16,17)(H,18,19). The van der Waals surface area contributed by atoms with Gasteiger partial charge in [-0.3, -0.25) is 4.79 Å². The van der Waals surface area contributed by atoms with Gasteiger partial charge in [-0.2, -0.15) is 0 Å². The Labute approximate surface area is 121 Å². The van der Waals surface area contributed by atoms with E-state index >= 15 is 0 Å². The smallest absolute Gasteiger partial charge is 0.339 e. The van der Waals surface area contributed by atoms with Gasteiger partial charge in [0, 0.05) is 6.04 Å². The number of amides is 1. The minimum absolute atomic E-state index is 0.0308. The maximum atomic E-state index is 11.7. The number of hydrogen-bond acceptors (Lipinski definition) is 3. The SMILES string of the molecule is O=C(COc1c(Cl)cccc1C(=O)O)NC1CCCC1. The molecule has 1 aromatic carbocycles. The quantitative estimate of drug-likeness (QED) is 0.875. The highest BCUT2D eigenvalue weighted by Gasteiger charge is 2.19. The molecule has 0 aromatic heterocycles. The molecule has 1 aromatic rings. The molecule has 2 rings (SSSR count). The molecule has 1 amide bonds. The van der Waals surface area contributed by atoms with Gasteiger partial charge in [-0.05, 0) is 25.0 Å². The molecule has 0 bridgehead atoms. The monoisotopic (exact) mass is 297 g/mol. The third kappa shape index (κ3) is 3.63. The van der Waals surface area contributed by atoms with E-state index in [0.29, 0.717) is 0 Å². The van der Waals surface area contributed by atoms with Crippen molar-refractivity contribution >= 4 is 23.5 Å². The predicted molar refractivity (Wildman–Crippen MR) is 74.3 cm³/mol. The van der Waals surface area contributed by atoms with Crippen molar-refractivity contribution in [2.24, 2.45) is 0 Å². The highest BCUT2D eigenvalue weighted by molar-refractivity contribution is 6.32. The Hall–Kier alpha value is -1.75. The van der Waals surface area contributed by atoms with E-state index in [2.05, 4.69) is 5.32 Å². The molecule has 0 heterocycles. The molecule has 0 atom stereocenters. The molecule has 5 nitrogen and oxygen atoms in total. The number of aromatic carboxylic acids is 1. The van der Waals surface area contributed by atoms with Gasteiger partial charge < -0.3 is 15.2 Å². The summed E-state index contributed by atoms with van der Waals surface area (Å²) in [4.78, 5) is 22.8. The van der Waals surface area contributed by atoms with Crippen molar-refractivity contribution < 1.29 is 19.4 Å². The fraction of sp³-hybridized carbons (Fsp3) is 0.429. The molecule has 1 fully saturated rings. The molecule has 6 heteroatoms. The largest absolute Gasteiger partial charge is 0.481 e. The summed E-state index contributed by atoms with van der Waals surface area (Å²) in [5.74, 6) is -1.37. The van der Waals surface area contributed by atoms with Crippen LogP contribution in [0, 0.1) is 0 Å². The summed E-state index contributed by atoms with van der Waals surface area (Å²) in [6.45, 7) is -0.236. The van der Waals surface area contributed by atoms with E-state index in [-0.39, 0.29) is 34.9 Å². The fourth-order valence-electron chi connectivity index (χ4n) is 2.30. The summed E-state index contributed by atoms with van der Waals surface area (Å²) in [6.07, 6.45) is 4.22. The highest BCUT2D eigenvalue weighted by atomic mass is 35.5. The number of nitrogens with one attached hydrogen (secondary N) is 1. The zero-order chi connectivity index (χ0) is 14.5. The second kappa shape index (κ2) is 6.61. The molecule has 1 saturated carbocycles. The minimum Gasteiger partial charge on any atom is -0.481 e. The van der Waals surface area contributed by atoms with Crippen molar-refractivity contribution in [3.8, 4) is 5.75 Å². The molecule has 0 radical (unpaired) electrons. The molecule has 0 saturated heterocycles. The van der Waals surface area contributed by atoms with Gasteiger partial charge >= 0.3 is 5.97 Å². The average Bonchev–Trinajstić information content (AvgIpc) is 2.89. The summed E-state index contributed by atoms with van der Waals surface area (Å²) < 4.78 is 5.28. The van der Waals surface area contributed by atoms with Crippen LogP contribution in [-0.4, -0.2) is 29.6 Å². The Morgan fingerprint density at radius 3 is 2.70 bits per heavy atom. The maximum absolute atomic E-state index is 11.7. The lowest BCUT2D eigenvalue weighted by Crippen LogP contribution is -2.36. The second-order valence-electron chi connectivity index (χ2n) is 4.76. The van der Waals surface area contributed by atoms with Crippen LogP contribution in [0.15, 0.2) is 18.2 Å². The first kappa shape index (κ1) is 14.7. The van der Waals surface area contributed by atoms with E-state index in [0.717, 1.165) is 25.7 Å². The summed E-state index contributed by atoms with van der Waals surface area (Å²) in [5, 5.41) is 12.1. The van der Waals surface area contributed by atoms with Crippen LogP contribution in [0.3, 0.4) is 0 Å². The second-order valence-corrected chi connectivity index (χ2v) is 5.17. The van der Waals surface area contributed by atoms with Gasteiger partial charge in [0.2, 0.25) is 0 Å². The van der Waals surface area contributed by atoms with Gasteiger partial charge in [0.15, 0.2) is 12.4 Å². The number of halogens is 1. The zero-order valence-electron chi connectivity index (χ0n) is 10.9. The fourth-order valence-corrected chi connectivity index (χ4v) is 2.53. The number of carboxylic acids is 1. The summed E-state index contributed by atoms with van der Waals surface area (Å²) in [7, 11) is 0. The van der Waals surface area contributed by atoms with Crippen LogP contribution in [0.4, 0.5) is 0 Å². The van der Waals surface area contributed by atoms with E-state index < -0.39 is 5.97 Å². The van der Waals surface area contributed by atoms with Crippen LogP contribution < -0.4 is 10.1 Å². The first-order valence-corrected chi connectivity index (χ1v) is 6.89. The van der Waals surface area contributed by atoms with Crippen LogP contribution in [0.1, 0.15) is 36.0 Å². The first-order valence-electron chi connectivity index (χ1n) is 6.52. The number of para-hydroxylation sites is 1. The van der Waals surface area contributed by atoms with Crippen LogP contribution in [0.25, 0.3) is 0 Å².